The monoisotopic (exact) mass is 260 g/mol. The molecule has 102 valence electrons. The molecule has 2 saturated heterocycles. The van der Waals surface area contributed by atoms with Gasteiger partial charge in [-0.15, -0.1) is 0 Å². The Kier molecular flexibility index (Phi) is 3.42. The molecule has 2 aliphatic heterocycles. The molecule has 1 unspecified atom stereocenters. The summed E-state index contributed by atoms with van der Waals surface area (Å²) in [6.07, 6.45) is 0.850. The Morgan fingerprint density at radius 2 is 2.00 bits per heavy atom. The van der Waals surface area contributed by atoms with Crippen molar-refractivity contribution in [2.24, 2.45) is 0 Å². The molecule has 0 spiro atoms. The molecule has 0 radical (unpaired) electrons. The zero-order valence-electron chi connectivity index (χ0n) is 11.3. The van der Waals surface area contributed by atoms with Crippen molar-refractivity contribution in [3.63, 3.8) is 0 Å². The van der Waals surface area contributed by atoms with E-state index < -0.39 is 0 Å². The van der Waals surface area contributed by atoms with E-state index in [4.69, 9.17) is 4.74 Å². The molecule has 0 aliphatic carbocycles. The van der Waals surface area contributed by atoms with E-state index in [0.717, 1.165) is 32.6 Å². The van der Waals surface area contributed by atoms with Crippen molar-refractivity contribution in [3.05, 3.63) is 29.8 Å². The van der Waals surface area contributed by atoms with Crippen molar-refractivity contribution >= 4 is 11.7 Å². The van der Waals surface area contributed by atoms with Gasteiger partial charge in [-0.05, 0) is 24.6 Å². The minimum Gasteiger partial charge on any atom is -0.464 e. The second-order valence-electron chi connectivity index (χ2n) is 5.33. The summed E-state index contributed by atoms with van der Waals surface area (Å²) < 4.78 is 5.05. The summed E-state index contributed by atoms with van der Waals surface area (Å²) in [5.74, 6) is -0.0380. The predicted octanol–water partition coefficient (Wildman–Crippen LogP) is 1.43. The Bertz CT molecular complexity index is 467. The molecule has 1 aromatic rings. The third-order valence-corrected chi connectivity index (χ3v) is 4.03. The van der Waals surface area contributed by atoms with Crippen molar-refractivity contribution in [1.82, 2.24) is 4.90 Å². The van der Waals surface area contributed by atoms with Crippen LogP contribution in [0.4, 0.5) is 5.69 Å². The standard InChI is InChI=1S/C15H20N2O2/c1-12-3-2-4-13(11-12)16-6-8-17(9-7-16)14-5-10-19-15(14)18/h2-4,11,14H,5-10H2,1H3. The van der Waals surface area contributed by atoms with Gasteiger partial charge in [0.05, 0.1) is 6.61 Å². The highest BCUT2D eigenvalue weighted by atomic mass is 16.5. The van der Waals surface area contributed by atoms with Crippen molar-refractivity contribution in [1.29, 1.82) is 0 Å². The highest BCUT2D eigenvalue weighted by molar-refractivity contribution is 5.77. The number of hydrogen-bond donors (Lipinski definition) is 0. The number of anilines is 1. The van der Waals surface area contributed by atoms with Gasteiger partial charge in [0.15, 0.2) is 0 Å². The summed E-state index contributed by atoms with van der Waals surface area (Å²) in [6.45, 7) is 6.54. The molecule has 4 heteroatoms. The van der Waals surface area contributed by atoms with E-state index in [0.29, 0.717) is 6.61 Å². The van der Waals surface area contributed by atoms with Crippen molar-refractivity contribution < 1.29 is 9.53 Å². The number of nitrogens with zero attached hydrogens (tertiary/aromatic N) is 2. The molecular weight excluding hydrogens is 240 g/mol. The number of carbonyl (C=O) groups excluding carboxylic acids is 1. The molecule has 2 aliphatic rings. The van der Waals surface area contributed by atoms with E-state index in [1.165, 1.54) is 11.3 Å². The first kappa shape index (κ1) is 12.5. The summed E-state index contributed by atoms with van der Waals surface area (Å²) in [7, 11) is 0. The average Bonchev–Trinajstić information content (AvgIpc) is 2.85. The summed E-state index contributed by atoms with van der Waals surface area (Å²) in [5.41, 5.74) is 2.58. The number of aryl methyl sites for hydroxylation is 1. The second kappa shape index (κ2) is 5.21. The molecule has 0 aromatic heterocycles. The van der Waals surface area contributed by atoms with Gasteiger partial charge in [0.1, 0.15) is 6.04 Å². The second-order valence-corrected chi connectivity index (χ2v) is 5.33. The first-order valence-electron chi connectivity index (χ1n) is 6.96. The molecule has 0 bridgehead atoms. The van der Waals surface area contributed by atoms with E-state index in [9.17, 15) is 4.79 Å². The number of piperazine rings is 1. The van der Waals surface area contributed by atoms with Crippen LogP contribution in [0.1, 0.15) is 12.0 Å². The van der Waals surface area contributed by atoms with E-state index in [2.05, 4.69) is 41.0 Å². The van der Waals surface area contributed by atoms with Crippen LogP contribution in [0.25, 0.3) is 0 Å². The quantitative estimate of drug-likeness (QED) is 0.753. The Morgan fingerprint density at radius 3 is 2.63 bits per heavy atom. The van der Waals surface area contributed by atoms with Gasteiger partial charge in [-0.25, -0.2) is 0 Å². The van der Waals surface area contributed by atoms with Gasteiger partial charge in [0.2, 0.25) is 0 Å². The van der Waals surface area contributed by atoms with E-state index >= 15 is 0 Å². The van der Waals surface area contributed by atoms with Gasteiger partial charge in [-0.1, -0.05) is 12.1 Å². The molecule has 2 heterocycles. The van der Waals surface area contributed by atoms with Gasteiger partial charge >= 0.3 is 5.97 Å². The third-order valence-electron chi connectivity index (χ3n) is 4.03. The van der Waals surface area contributed by atoms with Crippen LogP contribution in [0, 0.1) is 6.92 Å². The van der Waals surface area contributed by atoms with Crippen molar-refractivity contribution in [2.75, 3.05) is 37.7 Å². The zero-order valence-corrected chi connectivity index (χ0v) is 11.3. The van der Waals surface area contributed by atoms with Crippen LogP contribution in [0.3, 0.4) is 0 Å². The smallest absolute Gasteiger partial charge is 0.323 e. The lowest BCUT2D eigenvalue weighted by Crippen LogP contribution is -2.51. The van der Waals surface area contributed by atoms with Crippen molar-refractivity contribution in [3.8, 4) is 0 Å². The number of benzene rings is 1. The zero-order chi connectivity index (χ0) is 13.2. The maximum Gasteiger partial charge on any atom is 0.323 e. The van der Waals surface area contributed by atoms with Gasteiger partial charge < -0.3 is 9.64 Å². The van der Waals surface area contributed by atoms with Crippen LogP contribution in [-0.2, 0) is 9.53 Å². The molecule has 0 N–H and O–H groups in total. The lowest BCUT2D eigenvalue weighted by molar-refractivity contribution is -0.142. The predicted molar refractivity (Wildman–Crippen MR) is 74.3 cm³/mol. The van der Waals surface area contributed by atoms with Crippen LogP contribution >= 0.6 is 0 Å². The molecule has 0 amide bonds. The molecule has 0 saturated carbocycles. The van der Waals surface area contributed by atoms with Gasteiger partial charge in [-0.3, -0.25) is 9.69 Å². The Balaban J connectivity index is 1.61. The number of ether oxygens (including phenoxy) is 1. The van der Waals surface area contributed by atoms with Crippen molar-refractivity contribution in [2.45, 2.75) is 19.4 Å². The molecule has 2 fully saturated rings. The molecule has 3 rings (SSSR count). The maximum absolute atomic E-state index is 11.6. The molecule has 1 atom stereocenters. The summed E-state index contributed by atoms with van der Waals surface area (Å²) in [5, 5.41) is 0. The van der Waals surface area contributed by atoms with Crippen LogP contribution in [-0.4, -0.2) is 49.7 Å². The molecule has 1 aromatic carbocycles. The number of esters is 1. The Morgan fingerprint density at radius 1 is 1.21 bits per heavy atom. The SMILES string of the molecule is Cc1cccc(N2CCN(C3CCOC3=O)CC2)c1. The number of carbonyl (C=O) groups is 1. The van der Waals surface area contributed by atoms with Crippen LogP contribution in [0.2, 0.25) is 0 Å². The van der Waals surface area contributed by atoms with E-state index in [1.54, 1.807) is 0 Å². The first-order valence-corrected chi connectivity index (χ1v) is 6.96. The lowest BCUT2D eigenvalue weighted by atomic mass is 10.1. The number of rotatable bonds is 2. The minimum atomic E-state index is -0.0380. The van der Waals surface area contributed by atoms with E-state index in [1.807, 2.05) is 0 Å². The maximum atomic E-state index is 11.6. The van der Waals surface area contributed by atoms with Gasteiger partial charge in [0, 0.05) is 38.3 Å². The largest absolute Gasteiger partial charge is 0.464 e. The van der Waals surface area contributed by atoms with Gasteiger partial charge in [0.25, 0.3) is 0 Å². The number of hydrogen-bond acceptors (Lipinski definition) is 4. The summed E-state index contributed by atoms with van der Waals surface area (Å²) >= 11 is 0. The van der Waals surface area contributed by atoms with E-state index in [-0.39, 0.29) is 12.0 Å². The Hall–Kier alpha value is -1.55. The van der Waals surface area contributed by atoms with Crippen LogP contribution in [0.5, 0.6) is 0 Å². The summed E-state index contributed by atoms with van der Waals surface area (Å²) in [4.78, 5) is 16.3. The number of cyclic esters (lactones) is 1. The minimum absolute atomic E-state index is 0.000315. The molecule has 19 heavy (non-hydrogen) atoms. The highest BCUT2D eigenvalue weighted by Gasteiger charge is 2.33. The fourth-order valence-electron chi connectivity index (χ4n) is 2.93. The first-order chi connectivity index (χ1) is 9.24. The molecule has 4 nitrogen and oxygen atoms in total. The van der Waals surface area contributed by atoms with Gasteiger partial charge in [-0.2, -0.15) is 0 Å². The highest BCUT2D eigenvalue weighted by Crippen LogP contribution is 2.21. The summed E-state index contributed by atoms with van der Waals surface area (Å²) in [6, 6.07) is 8.60. The van der Waals surface area contributed by atoms with Crippen LogP contribution < -0.4 is 4.90 Å². The average molecular weight is 260 g/mol. The fraction of sp³-hybridized carbons (Fsp3) is 0.533. The molecular formula is C15H20N2O2. The third kappa shape index (κ3) is 2.59. The topological polar surface area (TPSA) is 32.8 Å². The fourth-order valence-corrected chi connectivity index (χ4v) is 2.93. The normalized spacial score (nSPS) is 24.6. The lowest BCUT2D eigenvalue weighted by Gasteiger charge is -2.37. The van der Waals surface area contributed by atoms with Crippen LogP contribution in [0.15, 0.2) is 24.3 Å². The Labute approximate surface area is 113 Å².